The van der Waals surface area contributed by atoms with Gasteiger partial charge in [0.2, 0.25) is 0 Å². The third-order valence-corrected chi connectivity index (χ3v) is 10.3. The lowest BCUT2D eigenvalue weighted by atomic mass is 9.80. The van der Waals surface area contributed by atoms with E-state index in [1.165, 1.54) is 88.0 Å². The van der Waals surface area contributed by atoms with Crippen molar-refractivity contribution in [3.05, 3.63) is 168 Å². The fourth-order valence-electron chi connectivity index (χ4n) is 8.01. The standard InChI is InChI=1S/C46H31N/c1-46(2)42-26-29(28-47)18-24-36(42)37-25-23-33(27-43(37)46)45-40-15-7-5-13-38(40)44(39-14-6-8-16-41(39)45)32-21-19-31(20-22-32)35-17-9-11-30-10-3-4-12-34(30)35/h3-27H,1-2H3. The zero-order chi connectivity index (χ0) is 31.7. The van der Waals surface area contributed by atoms with E-state index in [1.807, 2.05) is 6.07 Å². The van der Waals surface area contributed by atoms with Crippen molar-refractivity contribution in [3.8, 4) is 50.6 Å². The Bertz CT molecular complexity index is 2530. The molecule has 1 aliphatic rings. The van der Waals surface area contributed by atoms with Crippen LogP contribution < -0.4 is 0 Å². The van der Waals surface area contributed by atoms with Gasteiger partial charge in [0, 0.05) is 5.41 Å². The molecule has 0 amide bonds. The maximum Gasteiger partial charge on any atom is 0.0991 e. The molecule has 0 aromatic heterocycles. The minimum atomic E-state index is -0.203. The highest BCUT2D eigenvalue weighted by molar-refractivity contribution is 6.21. The Kier molecular flexibility index (Phi) is 5.98. The molecule has 1 aliphatic carbocycles. The predicted octanol–water partition coefficient (Wildman–Crippen LogP) is 12.3. The molecule has 0 bridgehead atoms. The van der Waals surface area contributed by atoms with Crippen LogP contribution in [0.5, 0.6) is 0 Å². The lowest BCUT2D eigenvalue weighted by Crippen LogP contribution is -2.15. The number of nitriles is 1. The van der Waals surface area contributed by atoms with Gasteiger partial charge in [-0.3, -0.25) is 0 Å². The molecule has 0 N–H and O–H groups in total. The van der Waals surface area contributed by atoms with Crippen LogP contribution in [-0.4, -0.2) is 0 Å². The Balaban J connectivity index is 1.24. The minimum absolute atomic E-state index is 0.203. The number of fused-ring (bicyclic) bond motifs is 6. The van der Waals surface area contributed by atoms with Gasteiger partial charge in [-0.1, -0.05) is 147 Å². The first-order chi connectivity index (χ1) is 23.0. The van der Waals surface area contributed by atoms with Crippen molar-refractivity contribution in [2.24, 2.45) is 0 Å². The molecule has 0 aliphatic heterocycles. The van der Waals surface area contributed by atoms with Gasteiger partial charge in [0.1, 0.15) is 0 Å². The highest BCUT2D eigenvalue weighted by atomic mass is 14.4. The van der Waals surface area contributed by atoms with Crippen LogP contribution in [0.15, 0.2) is 152 Å². The number of benzene rings is 8. The van der Waals surface area contributed by atoms with E-state index in [2.05, 4.69) is 166 Å². The molecular weight excluding hydrogens is 567 g/mol. The smallest absolute Gasteiger partial charge is 0.0991 e. The largest absolute Gasteiger partial charge is 0.192 e. The van der Waals surface area contributed by atoms with Crippen LogP contribution in [0.4, 0.5) is 0 Å². The Morgan fingerprint density at radius 1 is 0.426 bits per heavy atom. The summed E-state index contributed by atoms with van der Waals surface area (Å²) < 4.78 is 0. The van der Waals surface area contributed by atoms with Crippen molar-refractivity contribution in [1.29, 1.82) is 5.26 Å². The first-order valence-electron chi connectivity index (χ1n) is 16.2. The molecule has 220 valence electrons. The van der Waals surface area contributed by atoms with E-state index in [9.17, 15) is 5.26 Å². The van der Waals surface area contributed by atoms with Crippen LogP contribution in [0.2, 0.25) is 0 Å². The van der Waals surface area contributed by atoms with E-state index in [4.69, 9.17) is 0 Å². The normalized spacial score (nSPS) is 13.0. The average molecular weight is 598 g/mol. The van der Waals surface area contributed by atoms with Crippen molar-refractivity contribution in [2.75, 3.05) is 0 Å². The molecule has 8 aromatic carbocycles. The molecule has 1 nitrogen and oxygen atoms in total. The van der Waals surface area contributed by atoms with E-state index in [1.54, 1.807) is 0 Å². The van der Waals surface area contributed by atoms with Gasteiger partial charge in [-0.25, -0.2) is 0 Å². The zero-order valence-electron chi connectivity index (χ0n) is 26.4. The molecule has 0 saturated carbocycles. The van der Waals surface area contributed by atoms with Gasteiger partial charge in [-0.15, -0.1) is 0 Å². The quantitative estimate of drug-likeness (QED) is 0.186. The molecule has 0 heterocycles. The molecule has 8 aromatic rings. The number of hydrogen-bond donors (Lipinski definition) is 0. The molecule has 1 heteroatoms. The highest BCUT2D eigenvalue weighted by Gasteiger charge is 2.36. The molecule has 0 fully saturated rings. The van der Waals surface area contributed by atoms with Gasteiger partial charge >= 0.3 is 0 Å². The third-order valence-electron chi connectivity index (χ3n) is 10.3. The van der Waals surface area contributed by atoms with Crippen LogP contribution in [-0.2, 0) is 5.41 Å². The monoisotopic (exact) mass is 597 g/mol. The van der Waals surface area contributed by atoms with E-state index < -0.39 is 0 Å². The summed E-state index contributed by atoms with van der Waals surface area (Å²) >= 11 is 0. The minimum Gasteiger partial charge on any atom is -0.192 e. The molecular formula is C46H31N. The van der Waals surface area contributed by atoms with E-state index in [0.29, 0.717) is 5.56 Å². The van der Waals surface area contributed by atoms with E-state index in [-0.39, 0.29) is 5.41 Å². The second kappa shape index (κ2) is 10.3. The molecule has 0 spiro atoms. The summed E-state index contributed by atoms with van der Waals surface area (Å²) in [5.41, 5.74) is 13.0. The molecule has 0 radical (unpaired) electrons. The van der Waals surface area contributed by atoms with Crippen molar-refractivity contribution in [2.45, 2.75) is 19.3 Å². The second-order valence-electron chi connectivity index (χ2n) is 13.2. The van der Waals surface area contributed by atoms with Gasteiger partial charge in [0.25, 0.3) is 0 Å². The summed E-state index contributed by atoms with van der Waals surface area (Å²) in [4.78, 5) is 0. The van der Waals surface area contributed by atoms with Gasteiger partial charge in [0.05, 0.1) is 11.6 Å². The van der Waals surface area contributed by atoms with Gasteiger partial charge in [0.15, 0.2) is 0 Å². The van der Waals surface area contributed by atoms with Crippen LogP contribution >= 0.6 is 0 Å². The van der Waals surface area contributed by atoms with E-state index in [0.717, 1.165) is 0 Å². The van der Waals surface area contributed by atoms with E-state index >= 15 is 0 Å². The average Bonchev–Trinajstić information content (AvgIpc) is 3.35. The first-order valence-corrected chi connectivity index (χ1v) is 16.2. The van der Waals surface area contributed by atoms with Gasteiger partial charge in [-0.2, -0.15) is 5.26 Å². The Labute approximate surface area is 275 Å². The first kappa shape index (κ1) is 27.3. The molecule has 0 saturated heterocycles. The van der Waals surface area contributed by atoms with Crippen molar-refractivity contribution in [3.63, 3.8) is 0 Å². The van der Waals surface area contributed by atoms with Crippen molar-refractivity contribution < 1.29 is 0 Å². The molecule has 9 rings (SSSR count). The van der Waals surface area contributed by atoms with Crippen molar-refractivity contribution >= 4 is 32.3 Å². The fourth-order valence-corrected chi connectivity index (χ4v) is 8.01. The highest BCUT2D eigenvalue weighted by Crippen LogP contribution is 2.51. The molecule has 47 heavy (non-hydrogen) atoms. The second-order valence-corrected chi connectivity index (χ2v) is 13.2. The summed E-state index contributed by atoms with van der Waals surface area (Å²) in [6.45, 7) is 4.56. The molecule has 0 atom stereocenters. The summed E-state index contributed by atoms with van der Waals surface area (Å²) in [6, 6.07) is 57.4. The van der Waals surface area contributed by atoms with Crippen LogP contribution in [0.25, 0.3) is 76.8 Å². The lowest BCUT2D eigenvalue weighted by molar-refractivity contribution is 0.660. The summed E-state index contributed by atoms with van der Waals surface area (Å²) in [5, 5.41) is 17.1. The number of nitrogens with zero attached hydrogens (tertiary/aromatic N) is 1. The number of rotatable bonds is 3. The fraction of sp³-hybridized carbons (Fsp3) is 0.0652. The maximum absolute atomic E-state index is 9.61. The molecule has 0 unspecified atom stereocenters. The zero-order valence-corrected chi connectivity index (χ0v) is 26.4. The maximum atomic E-state index is 9.61. The Morgan fingerprint density at radius 2 is 0.915 bits per heavy atom. The summed E-state index contributed by atoms with van der Waals surface area (Å²) in [5.74, 6) is 0. The SMILES string of the molecule is CC1(C)c2cc(C#N)ccc2-c2ccc(-c3c4ccccc4c(-c4ccc(-c5cccc6ccccc56)cc4)c4ccccc34)cc21. The Hall–Kier alpha value is -5.97. The van der Waals surface area contributed by atoms with Crippen LogP contribution in [0.1, 0.15) is 30.5 Å². The van der Waals surface area contributed by atoms with Crippen molar-refractivity contribution in [1.82, 2.24) is 0 Å². The third kappa shape index (κ3) is 4.09. The summed E-state index contributed by atoms with van der Waals surface area (Å²) in [7, 11) is 0. The number of hydrogen-bond acceptors (Lipinski definition) is 1. The van der Waals surface area contributed by atoms with Gasteiger partial charge < -0.3 is 0 Å². The van der Waals surface area contributed by atoms with Crippen LogP contribution in [0.3, 0.4) is 0 Å². The van der Waals surface area contributed by atoms with Crippen LogP contribution in [0, 0.1) is 11.3 Å². The summed E-state index contributed by atoms with van der Waals surface area (Å²) in [6.07, 6.45) is 0. The topological polar surface area (TPSA) is 23.8 Å². The lowest BCUT2D eigenvalue weighted by Gasteiger charge is -2.23. The van der Waals surface area contributed by atoms with Gasteiger partial charge in [-0.05, 0) is 106 Å². The Morgan fingerprint density at radius 3 is 1.55 bits per heavy atom. The predicted molar refractivity (Wildman–Crippen MR) is 198 cm³/mol.